The first-order chi connectivity index (χ1) is 17.6. The molecule has 1 saturated heterocycles. The molecule has 0 saturated carbocycles. The van der Waals surface area contributed by atoms with Crippen LogP contribution in [0.15, 0.2) is 95.3 Å². The molecule has 3 N–H and O–H groups in total. The average Bonchev–Trinajstić information content (AvgIpc) is 3.46. The van der Waals surface area contributed by atoms with Crippen LogP contribution in [0, 0.1) is 0 Å². The number of amidine groups is 1. The minimum Gasteiger partial charge on any atom is -0.489 e. The van der Waals surface area contributed by atoms with Crippen molar-refractivity contribution >= 4 is 51.5 Å². The summed E-state index contributed by atoms with van der Waals surface area (Å²) in [4.78, 5) is 27.8. The fraction of sp³-hybridized carbons (Fsp3) is 0.111. The summed E-state index contributed by atoms with van der Waals surface area (Å²) >= 11 is 1.19. The zero-order chi connectivity index (χ0) is 24.7. The lowest BCUT2D eigenvalue weighted by Gasteiger charge is -2.06. The minimum atomic E-state index is -0.555. The number of fused-ring (bicyclic) bond motifs is 1. The van der Waals surface area contributed by atoms with Crippen LogP contribution < -0.4 is 15.4 Å². The van der Waals surface area contributed by atoms with Crippen molar-refractivity contribution in [2.75, 3.05) is 5.32 Å². The second-order valence-electron chi connectivity index (χ2n) is 8.09. The highest BCUT2D eigenvalue weighted by Crippen LogP contribution is 2.25. The number of para-hydroxylation sites is 1. The maximum Gasteiger partial charge on any atom is 0.240 e. The Morgan fingerprint density at radius 3 is 2.64 bits per heavy atom. The highest BCUT2D eigenvalue weighted by molar-refractivity contribution is 8.15. The van der Waals surface area contributed by atoms with E-state index in [1.807, 2.05) is 72.9 Å². The van der Waals surface area contributed by atoms with Crippen LogP contribution in [0.2, 0.25) is 0 Å². The summed E-state index contributed by atoms with van der Waals surface area (Å²) in [6.07, 6.45) is 3.50. The lowest BCUT2D eigenvalue weighted by molar-refractivity contribution is -0.122. The molecule has 1 atom stereocenters. The van der Waals surface area contributed by atoms with Gasteiger partial charge in [0.1, 0.15) is 17.6 Å². The first kappa shape index (κ1) is 23.4. The number of nitrogens with zero attached hydrogens (tertiary/aromatic N) is 2. The SMILES string of the molecule is O=C(C[C@@H]1S/C(=N\N=C/c2c[nH]c3ccc(OCc4ccccc4)cc23)NC1=O)Nc1ccccc1. The van der Waals surface area contributed by atoms with Gasteiger partial charge in [-0.05, 0) is 35.9 Å². The van der Waals surface area contributed by atoms with Crippen LogP contribution in [0.1, 0.15) is 17.5 Å². The van der Waals surface area contributed by atoms with Gasteiger partial charge in [-0.15, -0.1) is 5.10 Å². The van der Waals surface area contributed by atoms with Crippen LogP contribution in [0.4, 0.5) is 5.69 Å². The van der Waals surface area contributed by atoms with E-state index in [0.29, 0.717) is 17.5 Å². The van der Waals surface area contributed by atoms with Gasteiger partial charge in [-0.3, -0.25) is 9.59 Å². The predicted molar refractivity (Wildman–Crippen MR) is 143 cm³/mol. The molecule has 3 aromatic carbocycles. The number of aromatic amines is 1. The van der Waals surface area contributed by atoms with Gasteiger partial charge in [0.25, 0.3) is 0 Å². The molecule has 0 spiro atoms. The quantitative estimate of drug-likeness (QED) is 0.242. The maximum atomic E-state index is 12.3. The molecule has 1 aliphatic heterocycles. The summed E-state index contributed by atoms with van der Waals surface area (Å²) in [6, 6.07) is 24.9. The van der Waals surface area contributed by atoms with Crippen LogP contribution in [-0.4, -0.2) is 33.4 Å². The monoisotopic (exact) mass is 497 g/mol. The number of aromatic nitrogens is 1. The van der Waals surface area contributed by atoms with Crippen molar-refractivity contribution in [3.63, 3.8) is 0 Å². The van der Waals surface area contributed by atoms with E-state index >= 15 is 0 Å². The van der Waals surface area contributed by atoms with E-state index in [9.17, 15) is 9.59 Å². The number of hydrogen-bond acceptors (Lipinski definition) is 6. The topological polar surface area (TPSA) is 108 Å². The molecule has 2 heterocycles. The number of carbonyl (C=O) groups is 2. The molecule has 0 aliphatic carbocycles. The summed E-state index contributed by atoms with van der Waals surface area (Å²) in [5.41, 5.74) is 3.57. The predicted octanol–water partition coefficient (Wildman–Crippen LogP) is 4.70. The van der Waals surface area contributed by atoms with Gasteiger partial charge >= 0.3 is 0 Å². The lowest BCUT2D eigenvalue weighted by atomic mass is 10.2. The van der Waals surface area contributed by atoms with Crippen LogP contribution in [0.25, 0.3) is 10.9 Å². The second-order valence-corrected chi connectivity index (χ2v) is 9.28. The van der Waals surface area contributed by atoms with Crippen molar-refractivity contribution in [3.05, 3.63) is 96.2 Å². The molecule has 0 unspecified atom stereocenters. The van der Waals surface area contributed by atoms with Crippen molar-refractivity contribution in [3.8, 4) is 5.75 Å². The number of benzene rings is 3. The largest absolute Gasteiger partial charge is 0.489 e. The molecule has 180 valence electrons. The number of nitrogens with one attached hydrogen (secondary N) is 3. The molecule has 0 bridgehead atoms. The van der Waals surface area contributed by atoms with Crippen LogP contribution in [0.3, 0.4) is 0 Å². The van der Waals surface area contributed by atoms with Gasteiger partial charge in [-0.2, -0.15) is 5.10 Å². The molecule has 4 aromatic rings. The zero-order valence-corrected chi connectivity index (χ0v) is 20.0. The molecular weight excluding hydrogens is 474 g/mol. The van der Waals surface area contributed by atoms with E-state index in [-0.39, 0.29) is 18.2 Å². The van der Waals surface area contributed by atoms with Crippen molar-refractivity contribution in [1.82, 2.24) is 10.3 Å². The Morgan fingerprint density at radius 1 is 1.06 bits per heavy atom. The van der Waals surface area contributed by atoms with Gasteiger partial charge in [0, 0.05) is 34.8 Å². The van der Waals surface area contributed by atoms with E-state index in [0.717, 1.165) is 27.8 Å². The third kappa shape index (κ3) is 5.81. The Balaban J connectivity index is 1.20. The number of ether oxygens (including phenoxy) is 1. The minimum absolute atomic E-state index is 0.0440. The standard InChI is InChI=1S/C27H23N5O3S/c33-25(30-20-9-5-2-6-10-20)14-24-26(34)31-27(36-24)32-29-16-19-15-28-23-12-11-21(13-22(19)23)35-17-18-7-3-1-4-8-18/h1-13,15-16,24,28H,14,17H2,(H,30,33)(H,31,32,34)/b29-16-/t24-/m0/s1. The molecule has 1 aromatic heterocycles. The van der Waals surface area contributed by atoms with Gasteiger partial charge < -0.3 is 20.4 Å². The summed E-state index contributed by atoms with van der Waals surface area (Å²) < 4.78 is 5.93. The van der Waals surface area contributed by atoms with Crippen molar-refractivity contribution in [2.24, 2.45) is 10.2 Å². The fourth-order valence-corrected chi connectivity index (χ4v) is 4.61. The summed E-state index contributed by atoms with van der Waals surface area (Å²) in [5.74, 6) is 0.259. The number of amides is 2. The third-order valence-electron chi connectivity index (χ3n) is 5.48. The summed E-state index contributed by atoms with van der Waals surface area (Å²) in [7, 11) is 0. The molecule has 8 nitrogen and oxygen atoms in total. The van der Waals surface area contributed by atoms with E-state index in [2.05, 4.69) is 25.8 Å². The molecule has 1 fully saturated rings. The first-order valence-electron chi connectivity index (χ1n) is 11.4. The normalized spacial score (nSPS) is 16.5. The van der Waals surface area contributed by atoms with E-state index in [4.69, 9.17) is 4.74 Å². The average molecular weight is 498 g/mol. The Morgan fingerprint density at radius 2 is 1.83 bits per heavy atom. The molecule has 1 aliphatic rings. The van der Waals surface area contributed by atoms with Crippen LogP contribution >= 0.6 is 11.8 Å². The molecule has 9 heteroatoms. The fourth-order valence-electron chi connectivity index (χ4n) is 3.69. The maximum absolute atomic E-state index is 12.3. The molecule has 0 radical (unpaired) electrons. The smallest absolute Gasteiger partial charge is 0.240 e. The van der Waals surface area contributed by atoms with Crippen LogP contribution in [-0.2, 0) is 16.2 Å². The number of anilines is 1. The lowest BCUT2D eigenvalue weighted by Crippen LogP contribution is -2.28. The van der Waals surface area contributed by atoms with Gasteiger partial charge in [0.15, 0.2) is 5.17 Å². The van der Waals surface area contributed by atoms with Crippen molar-refractivity contribution in [2.45, 2.75) is 18.3 Å². The molecular formula is C27H23N5O3S. The van der Waals surface area contributed by atoms with Gasteiger partial charge in [-0.25, -0.2) is 0 Å². The van der Waals surface area contributed by atoms with Gasteiger partial charge in [0.05, 0.1) is 6.21 Å². The van der Waals surface area contributed by atoms with Crippen molar-refractivity contribution < 1.29 is 14.3 Å². The van der Waals surface area contributed by atoms with Crippen LogP contribution in [0.5, 0.6) is 5.75 Å². The molecule has 5 rings (SSSR count). The number of hydrogen-bond donors (Lipinski definition) is 3. The molecule has 2 amide bonds. The van der Waals surface area contributed by atoms with E-state index in [1.54, 1.807) is 18.3 Å². The summed E-state index contributed by atoms with van der Waals surface area (Å²) in [5, 5.41) is 14.5. The van der Waals surface area contributed by atoms with Gasteiger partial charge in [-0.1, -0.05) is 60.3 Å². The Hall–Kier alpha value is -4.37. The summed E-state index contributed by atoms with van der Waals surface area (Å²) in [6.45, 7) is 0.481. The molecule has 36 heavy (non-hydrogen) atoms. The van der Waals surface area contributed by atoms with E-state index < -0.39 is 5.25 Å². The zero-order valence-electron chi connectivity index (χ0n) is 19.2. The van der Waals surface area contributed by atoms with E-state index in [1.165, 1.54) is 11.8 Å². The highest BCUT2D eigenvalue weighted by Gasteiger charge is 2.32. The first-order valence-corrected chi connectivity index (χ1v) is 12.2. The third-order valence-corrected chi connectivity index (χ3v) is 6.56. The Kier molecular flexibility index (Phi) is 7.09. The number of H-pyrrole nitrogens is 1. The highest BCUT2D eigenvalue weighted by atomic mass is 32.2. The number of carbonyl (C=O) groups excluding carboxylic acids is 2. The Labute approximate surface area is 211 Å². The van der Waals surface area contributed by atoms with Crippen molar-refractivity contribution in [1.29, 1.82) is 0 Å². The Bertz CT molecular complexity index is 1430. The number of thioether (sulfide) groups is 1. The van der Waals surface area contributed by atoms with Gasteiger partial charge in [0.2, 0.25) is 11.8 Å². The number of rotatable bonds is 8. The second kappa shape index (κ2) is 10.9.